The zero-order valence-electron chi connectivity index (χ0n) is 15.6. The van der Waals surface area contributed by atoms with E-state index in [2.05, 4.69) is 32.9 Å². The summed E-state index contributed by atoms with van der Waals surface area (Å²) in [6.07, 6.45) is 10.7. The molecule has 4 heterocycles. The summed E-state index contributed by atoms with van der Waals surface area (Å²) in [5.41, 5.74) is 1.13. The summed E-state index contributed by atoms with van der Waals surface area (Å²) < 4.78 is 11.4. The fourth-order valence-corrected chi connectivity index (χ4v) is 4.16. The lowest BCUT2D eigenvalue weighted by Gasteiger charge is -2.27. The summed E-state index contributed by atoms with van der Waals surface area (Å²) in [5.74, 6) is 1.41. The second-order valence-electron chi connectivity index (χ2n) is 7.20. The molecule has 2 aliphatic rings. The molecule has 2 aliphatic heterocycles. The van der Waals surface area contributed by atoms with Crippen LogP contribution in [0.1, 0.15) is 19.3 Å². The van der Waals surface area contributed by atoms with Crippen LogP contribution >= 0.6 is 11.6 Å². The van der Waals surface area contributed by atoms with Gasteiger partial charge in [-0.25, -0.2) is 0 Å². The molecule has 2 saturated heterocycles. The molecule has 0 aromatic carbocycles. The molecule has 2 aromatic heterocycles. The Kier molecular flexibility index (Phi) is 5.64. The molecule has 6 nitrogen and oxygen atoms in total. The van der Waals surface area contributed by atoms with Crippen molar-refractivity contribution < 1.29 is 9.47 Å². The fraction of sp³-hybridized carbons (Fsp3) is 0.500. The van der Waals surface area contributed by atoms with Crippen molar-refractivity contribution in [1.82, 2.24) is 14.9 Å². The van der Waals surface area contributed by atoms with Crippen LogP contribution in [0.25, 0.3) is 0 Å². The molecule has 0 saturated carbocycles. The van der Waals surface area contributed by atoms with Crippen molar-refractivity contribution in [3.05, 3.63) is 41.9 Å². The number of likely N-dealkylation sites (N-methyl/N-ethyl adjacent to an activating group) is 1. The highest BCUT2D eigenvalue weighted by Crippen LogP contribution is 2.31. The monoisotopic (exact) mass is 388 g/mol. The molecule has 0 aliphatic carbocycles. The molecule has 27 heavy (non-hydrogen) atoms. The van der Waals surface area contributed by atoms with Crippen LogP contribution in [-0.4, -0.2) is 60.3 Å². The second-order valence-corrected chi connectivity index (χ2v) is 7.64. The van der Waals surface area contributed by atoms with Gasteiger partial charge in [0, 0.05) is 43.5 Å². The minimum Gasteiger partial charge on any atom is -0.488 e. The van der Waals surface area contributed by atoms with E-state index >= 15 is 0 Å². The quantitative estimate of drug-likeness (QED) is 0.708. The number of nitrogens with zero attached hydrogens (tertiary/aromatic N) is 4. The van der Waals surface area contributed by atoms with Crippen LogP contribution in [0.15, 0.2) is 36.9 Å². The van der Waals surface area contributed by atoms with Crippen LogP contribution in [0.3, 0.4) is 0 Å². The minimum absolute atomic E-state index is 0.421. The van der Waals surface area contributed by atoms with Gasteiger partial charge in [0.25, 0.3) is 0 Å². The molecule has 2 bridgehead atoms. The van der Waals surface area contributed by atoms with Crippen molar-refractivity contribution in [3.8, 4) is 11.5 Å². The third-order valence-electron chi connectivity index (χ3n) is 5.51. The van der Waals surface area contributed by atoms with Gasteiger partial charge in [0.15, 0.2) is 0 Å². The van der Waals surface area contributed by atoms with Crippen molar-refractivity contribution in [3.63, 3.8) is 0 Å². The van der Waals surface area contributed by atoms with Gasteiger partial charge in [0.1, 0.15) is 24.7 Å². The molecule has 2 atom stereocenters. The summed E-state index contributed by atoms with van der Waals surface area (Å²) in [4.78, 5) is 13.4. The standard InChI is InChI=1S/C20H25ClN4O2/c1-24-16-2-3-17(24)14-25(5-4-16)18-9-20(13-23-11-18)27-7-6-26-19-8-15(21)10-22-12-19/h8-13,16-17H,2-7,14H2,1H3. The Bertz CT molecular complexity index is 775. The molecule has 7 heteroatoms. The summed E-state index contributed by atoms with van der Waals surface area (Å²) in [7, 11) is 2.26. The van der Waals surface area contributed by atoms with Crippen LogP contribution in [0.5, 0.6) is 11.5 Å². The average molecular weight is 389 g/mol. The average Bonchev–Trinajstić information content (AvgIpc) is 2.91. The Hall–Kier alpha value is -2.05. The highest BCUT2D eigenvalue weighted by atomic mass is 35.5. The summed E-state index contributed by atoms with van der Waals surface area (Å²) in [5, 5.41) is 0.558. The molecule has 2 unspecified atom stereocenters. The molecule has 0 spiro atoms. The van der Waals surface area contributed by atoms with Gasteiger partial charge in [-0.15, -0.1) is 0 Å². The lowest BCUT2D eigenvalue weighted by molar-refractivity contribution is 0.216. The number of aromatic nitrogens is 2. The minimum atomic E-state index is 0.421. The van der Waals surface area contributed by atoms with E-state index in [1.54, 1.807) is 24.7 Å². The molecular weight excluding hydrogens is 364 g/mol. The smallest absolute Gasteiger partial charge is 0.139 e. The first kappa shape index (κ1) is 18.3. The van der Waals surface area contributed by atoms with Gasteiger partial charge in [-0.05, 0) is 26.3 Å². The van der Waals surface area contributed by atoms with Crippen LogP contribution in [-0.2, 0) is 0 Å². The van der Waals surface area contributed by atoms with Crippen molar-refractivity contribution in [2.75, 3.05) is 38.3 Å². The first-order valence-corrected chi connectivity index (χ1v) is 9.85. The highest BCUT2D eigenvalue weighted by molar-refractivity contribution is 6.30. The van der Waals surface area contributed by atoms with Crippen LogP contribution in [0.4, 0.5) is 5.69 Å². The highest BCUT2D eigenvalue weighted by Gasteiger charge is 2.34. The Morgan fingerprint density at radius 3 is 2.44 bits per heavy atom. The number of halogens is 1. The van der Waals surface area contributed by atoms with Crippen LogP contribution in [0, 0.1) is 0 Å². The molecule has 0 N–H and O–H groups in total. The molecular formula is C20H25ClN4O2. The van der Waals surface area contributed by atoms with Gasteiger partial charge in [-0.2, -0.15) is 0 Å². The van der Waals surface area contributed by atoms with E-state index in [9.17, 15) is 0 Å². The van der Waals surface area contributed by atoms with Gasteiger partial charge in [0.05, 0.1) is 29.3 Å². The Morgan fingerprint density at radius 2 is 1.67 bits per heavy atom. The maximum atomic E-state index is 5.90. The van der Waals surface area contributed by atoms with E-state index in [4.69, 9.17) is 21.1 Å². The predicted molar refractivity (Wildman–Crippen MR) is 106 cm³/mol. The van der Waals surface area contributed by atoms with E-state index < -0.39 is 0 Å². The SMILES string of the molecule is CN1C2CCC1CN(c1cncc(OCCOc3cncc(Cl)c3)c1)CC2. The Balaban J connectivity index is 1.31. The van der Waals surface area contributed by atoms with Crippen molar-refractivity contribution in [1.29, 1.82) is 0 Å². The molecule has 2 fully saturated rings. The summed E-state index contributed by atoms with van der Waals surface area (Å²) in [6, 6.07) is 5.18. The number of rotatable bonds is 6. The fourth-order valence-electron chi connectivity index (χ4n) is 3.99. The summed E-state index contributed by atoms with van der Waals surface area (Å²) in [6.45, 7) is 2.99. The van der Waals surface area contributed by atoms with Crippen LogP contribution in [0.2, 0.25) is 5.02 Å². The number of ether oxygens (including phenoxy) is 2. The van der Waals surface area contributed by atoms with E-state index in [0.717, 1.165) is 30.6 Å². The number of anilines is 1. The van der Waals surface area contributed by atoms with Gasteiger partial charge in [-0.3, -0.25) is 14.9 Å². The normalized spacial score (nSPS) is 22.5. The molecule has 144 valence electrons. The van der Waals surface area contributed by atoms with Crippen LogP contribution < -0.4 is 14.4 Å². The van der Waals surface area contributed by atoms with Crippen molar-refractivity contribution in [2.45, 2.75) is 31.3 Å². The summed E-state index contributed by atoms with van der Waals surface area (Å²) >= 11 is 5.90. The Labute approximate surface area is 165 Å². The van der Waals surface area contributed by atoms with Gasteiger partial charge in [-0.1, -0.05) is 11.6 Å². The number of hydrogen-bond donors (Lipinski definition) is 0. The topological polar surface area (TPSA) is 50.7 Å². The maximum absolute atomic E-state index is 5.90. The van der Waals surface area contributed by atoms with Gasteiger partial charge >= 0.3 is 0 Å². The van der Waals surface area contributed by atoms with E-state index in [0.29, 0.717) is 30.0 Å². The molecule has 0 amide bonds. The largest absolute Gasteiger partial charge is 0.488 e. The molecule has 0 radical (unpaired) electrons. The first-order valence-electron chi connectivity index (χ1n) is 9.47. The van der Waals surface area contributed by atoms with E-state index in [-0.39, 0.29) is 0 Å². The lowest BCUT2D eigenvalue weighted by atomic mass is 10.1. The second kappa shape index (κ2) is 8.31. The van der Waals surface area contributed by atoms with Crippen molar-refractivity contribution in [2.24, 2.45) is 0 Å². The number of pyridine rings is 2. The first-order chi connectivity index (χ1) is 13.2. The number of fused-ring (bicyclic) bond motifs is 2. The predicted octanol–water partition coefficient (Wildman–Crippen LogP) is 3.26. The zero-order chi connectivity index (χ0) is 18.6. The zero-order valence-corrected chi connectivity index (χ0v) is 16.3. The lowest BCUT2D eigenvalue weighted by Crippen LogP contribution is -2.36. The third kappa shape index (κ3) is 4.45. The van der Waals surface area contributed by atoms with Gasteiger partial charge in [0.2, 0.25) is 0 Å². The molecule has 2 aromatic rings. The van der Waals surface area contributed by atoms with E-state index in [1.807, 2.05) is 6.20 Å². The Morgan fingerprint density at radius 1 is 0.963 bits per heavy atom. The van der Waals surface area contributed by atoms with Crippen molar-refractivity contribution >= 4 is 17.3 Å². The third-order valence-corrected chi connectivity index (χ3v) is 5.72. The number of hydrogen-bond acceptors (Lipinski definition) is 6. The maximum Gasteiger partial charge on any atom is 0.139 e. The van der Waals surface area contributed by atoms with Gasteiger partial charge < -0.3 is 14.4 Å². The van der Waals surface area contributed by atoms with E-state index in [1.165, 1.54) is 19.3 Å². The molecule has 4 rings (SSSR count).